The Bertz CT molecular complexity index is 396. The molecule has 18 heavy (non-hydrogen) atoms. The monoisotopic (exact) mass is 361 g/mol. The molecule has 5 heteroatoms. The second kappa shape index (κ2) is 6.14. The molecule has 2 heterocycles. The van der Waals surface area contributed by atoms with Gasteiger partial charge in [0, 0.05) is 18.8 Å². The highest BCUT2D eigenvalue weighted by Crippen LogP contribution is 2.32. The third-order valence-electron chi connectivity index (χ3n) is 3.79. The summed E-state index contributed by atoms with van der Waals surface area (Å²) in [5, 5.41) is 3.53. The molecular weight excluding hydrogens is 341 g/mol. The van der Waals surface area contributed by atoms with Crippen LogP contribution in [0.5, 0.6) is 0 Å². The minimum Gasteiger partial charge on any atom is -0.375 e. The van der Waals surface area contributed by atoms with Crippen molar-refractivity contribution in [3.05, 3.63) is 16.1 Å². The maximum Gasteiger partial charge on any atom is 0.143 e. The molecule has 1 fully saturated rings. The number of aromatic nitrogens is 2. The predicted octanol–water partition coefficient (Wildman–Crippen LogP) is 3.23. The molecule has 1 unspecified atom stereocenters. The van der Waals surface area contributed by atoms with E-state index >= 15 is 0 Å². The summed E-state index contributed by atoms with van der Waals surface area (Å²) < 4.78 is 7.06. The number of nitrogens with one attached hydrogen (secondary N) is 1. The third kappa shape index (κ3) is 3.12. The van der Waals surface area contributed by atoms with E-state index in [1.165, 1.54) is 0 Å². The Morgan fingerprint density at radius 2 is 2.28 bits per heavy atom. The lowest BCUT2D eigenvalue weighted by molar-refractivity contribution is -0.0864. The highest BCUT2D eigenvalue weighted by atomic mass is 127. The molecule has 0 spiro atoms. The molecule has 1 saturated heterocycles. The van der Waals surface area contributed by atoms with Crippen LogP contribution in [0.15, 0.2) is 12.5 Å². The number of rotatable bonds is 4. The Hall–Kier alpha value is -0.430. The second-order valence-electron chi connectivity index (χ2n) is 4.79. The normalized spacial score (nSPS) is 22.7. The first-order valence-electron chi connectivity index (χ1n) is 6.55. The van der Waals surface area contributed by atoms with E-state index in [0.29, 0.717) is 6.04 Å². The molecule has 0 aromatic carbocycles. The van der Waals surface area contributed by atoms with Gasteiger partial charge in [-0.2, -0.15) is 0 Å². The molecule has 1 aliphatic rings. The van der Waals surface area contributed by atoms with Crippen molar-refractivity contribution in [2.24, 2.45) is 0 Å². The molecule has 0 aliphatic carbocycles. The van der Waals surface area contributed by atoms with E-state index in [2.05, 4.69) is 51.7 Å². The van der Waals surface area contributed by atoms with Gasteiger partial charge in [0.15, 0.2) is 0 Å². The summed E-state index contributed by atoms with van der Waals surface area (Å²) in [4.78, 5) is 8.32. The lowest BCUT2D eigenvalue weighted by atomic mass is 9.86. The maximum atomic E-state index is 5.99. The molecule has 1 atom stereocenters. The van der Waals surface area contributed by atoms with Gasteiger partial charge in [-0.25, -0.2) is 9.97 Å². The summed E-state index contributed by atoms with van der Waals surface area (Å²) in [7, 11) is 0. The van der Waals surface area contributed by atoms with Gasteiger partial charge in [-0.3, -0.25) is 0 Å². The zero-order valence-corrected chi connectivity index (χ0v) is 13.1. The average molecular weight is 361 g/mol. The van der Waals surface area contributed by atoms with Gasteiger partial charge in [-0.1, -0.05) is 13.8 Å². The van der Waals surface area contributed by atoms with Gasteiger partial charge in [0.1, 0.15) is 12.1 Å². The molecule has 0 radical (unpaired) electrons. The Balaban J connectivity index is 2.04. The molecule has 4 nitrogen and oxygen atoms in total. The number of anilines is 1. The van der Waals surface area contributed by atoms with Gasteiger partial charge in [0.2, 0.25) is 0 Å². The number of halogens is 1. The lowest BCUT2D eigenvalue weighted by Crippen LogP contribution is -2.43. The summed E-state index contributed by atoms with van der Waals surface area (Å²) >= 11 is 2.27. The zero-order valence-electron chi connectivity index (χ0n) is 10.9. The number of nitrogens with zero attached hydrogens (tertiary/aromatic N) is 2. The molecule has 100 valence electrons. The zero-order chi connectivity index (χ0) is 13.0. The van der Waals surface area contributed by atoms with Crippen LogP contribution in [0.1, 0.15) is 39.5 Å². The summed E-state index contributed by atoms with van der Waals surface area (Å²) in [5.74, 6) is 0.943. The minimum atomic E-state index is 0.0500. The van der Waals surface area contributed by atoms with Crippen LogP contribution in [0.2, 0.25) is 0 Å². The molecule has 2 rings (SSSR count). The van der Waals surface area contributed by atoms with E-state index in [1.807, 2.05) is 6.20 Å². The molecule has 0 amide bonds. The number of hydrogen-bond donors (Lipinski definition) is 1. The van der Waals surface area contributed by atoms with Gasteiger partial charge < -0.3 is 10.1 Å². The van der Waals surface area contributed by atoms with E-state index in [4.69, 9.17) is 4.74 Å². The topological polar surface area (TPSA) is 47.0 Å². The van der Waals surface area contributed by atoms with Gasteiger partial charge >= 0.3 is 0 Å². The highest BCUT2D eigenvalue weighted by molar-refractivity contribution is 14.1. The van der Waals surface area contributed by atoms with Crippen molar-refractivity contribution in [1.82, 2.24) is 9.97 Å². The van der Waals surface area contributed by atoms with Crippen molar-refractivity contribution >= 4 is 28.4 Å². The van der Waals surface area contributed by atoms with Crippen molar-refractivity contribution in [3.8, 4) is 0 Å². The van der Waals surface area contributed by atoms with E-state index in [-0.39, 0.29) is 5.60 Å². The third-order valence-corrected chi connectivity index (χ3v) is 4.58. The molecule has 1 N–H and O–H groups in total. The van der Waals surface area contributed by atoms with Crippen LogP contribution < -0.4 is 5.32 Å². The highest BCUT2D eigenvalue weighted by Gasteiger charge is 2.34. The minimum absolute atomic E-state index is 0.0500. The van der Waals surface area contributed by atoms with Crippen molar-refractivity contribution in [1.29, 1.82) is 0 Å². The summed E-state index contributed by atoms with van der Waals surface area (Å²) in [5.41, 5.74) is 0.0500. The van der Waals surface area contributed by atoms with Crippen LogP contribution >= 0.6 is 22.6 Å². The number of hydrogen-bond acceptors (Lipinski definition) is 4. The van der Waals surface area contributed by atoms with Crippen LogP contribution in [-0.2, 0) is 4.74 Å². The standard InChI is InChI=1S/C13H20IN3O/c1-3-13(4-2)7-10(5-6-18-13)17-12-11(14)8-15-9-16-12/h8-10H,3-7H2,1-2H3,(H,15,16,17). The predicted molar refractivity (Wildman–Crippen MR) is 80.7 cm³/mol. The van der Waals surface area contributed by atoms with Crippen molar-refractivity contribution in [3.63, 3.8) is 0 Å². The molecule has 1 aromatic heterocycles. The number of ether oxygens (including phenoxy) is 1. The first-order valence-corrected chi connectivity index (χ1v) is 7.63. The summed E-state index contributed by atoms with van der Waals surface area (Å²) in [6, 6.07) is 0.446. The lowest BCUT2D eigenvalue weighted by Gasteiger charge is -2.40. The fourth-order valence-electron chi connectivity index (χ4n) is 2.51. The van der Waals surface area contributed by atoms with Crippen LogP contribution in [0, 0.1) is 3.57 Å². The van der Waals surface area contributed by atoms with Gasteiger partial charge in [0.05, 0.1) is 9.17 Å². The fourth-order valence-corrected chi connectivity index (χ4v) is 2.96. The van der Waals surface area contributed by atoms with E-state index < -0.39 is 0 Å². The second-order valence-corrected chi connectivity index (χ2v) is 5.95. The maximum absolute atomic E-state index is 5.99. The van der Waals surface area contributed by atoms with Crippen LogP contribution in [0.25, 0.3) is 0 Å². The van der Waals surface area contributed by atoms with E-state index in [1.54, 1.807) is 6.33 Å². The Labute approximate surface area is 122 Å². The fraction of sp³-hybridized carbons (Fsp3) is 0.692. The van der Waals surface area contributed by atoms with Crippen LogP contribution in [0.3, 0.4) is 0 Å². The Morgan fingerprint density at radius 3 is 2.94 bits per heavy atom. The summed E-state index contributed by atoms with van der Waals surface area (Å²) in [6.45, 7) is 5.25. The average Bonchev–Trinajstić information content (AvgIpc) is 2.41. The molecule has 0 bridgehead atoms. The van der Waals surface area contributed by atoms with Crippen molar-refractivity contribution in [2.45, 2.75) is 51.2 Å². The first-order chi connectivity index (χ1) is 8.69. The van der Waals surface area contributed by atoms with Gasteiger partial charge in [-0.15, -0.1) is 0 Å². The van der Waals surface area contributed by atoms with Crippen molar-refractivity contribution in [2.75, 3.05) is 11.9 Å². The smallest absolute Gasteiger partial charge is 0.143 e. The van der Waals surface area contributed by atoms with Gasteiger partial charge in [-0.05, 0) is 48.3 Å². The van der Waals surface area contributed by atoms with E-state index in [9.17, 15) is 0 Å². The quantitative estimate of drug-likeness (QED) is 0.837. The van der Waals surface area contributed by atoms with Crippen LogP contribution in [0.4, 0.5) is 5.82 Å². The van der Waals surface area contributed by atoms with Crippen LogP contribution in [-0.4, -0.2) is 28.2 Å². The first kappa shape index (κ1) is 14.0. The Morgan fingerprint density at radius 1 is 1.50 bits per heavy atom. The largest absolute Gasteiger partial charge is 0.375 e. The van der Waals surface area contributed by atoms with Crippen molar-refractivity contribution < 1.29 is 4.74 Å². The molecule has 0 saturated carbocycles. The molecule has 1 aliphatic heterocycles. The Kier molecular flexibility index (Phi) is 4.77. The summed E-state index contributed by atoms with van der Waals surface area (Å²) in [6.07, 6.45) is 7.67. The molecular formula is C13H20IN3O. The molecule has 1 aromatic rings. The SMILES string of the molecule is CCC1(CC)CC(Nc2ncncc2I)CCO1. The van der Waals surface area contributed by atoms with Gasteiger partial charge in [0.25, 0.3) is 0 Å². The van der Waals surface area contributed by atoms with E-state index in [0.717, 1.165) is 41.7 Å².